The van der Waals surface area contributed by atoms with Crippen LogP contribution in [-0.4, -0.2) is 0 Å². The summed E-state index contributed by atoms with van der Waals surface area (Å²) >= 11 is 0. The first-order valence-electron chi connectivity index (χ1n) is 12.7. The average Bonchev–Trinajstić information content (AvgIpc) is 2.72. The lowest BCUT2D eigenvalue weighted by Gasteiger charge is -2.09. The fraction of sp³-hybridized carbons (Fsp3) is 0.600. The second-order valence-corrected chi connectivity index (χ2v) is 9.48. The molecule has 0 spiro atoms. The van der Waals surface area contributed by atoms with Gasteiger partial charge in [-0.3, -0.25) is 0 Å². The average molecular weight is 407 g/mol. The summed E-state index contributed by atoms with van der Waals surface area (Å²) < 4.78 is 0. The first-order chi connectivity index (χ1) is 14.6. The molecule has 0 aromatic heterocycles. The van der Waals surface area contributed by atoms with Crippen LogP contribution >= 0.6 is 0 Å². The summed E-state index contributed by atoms with van der Waals surface area (Å²) in [6.45, 7) is 9.03. The van der Waals surface area contributed by atoms with Gasteiger partial charge in [0.25, 0.3) is 0 Å². The maximum absolute atomic E-state index is 2.26. The molecule has 166 valence electrons. The Morgan fingerprint density at radius 2 is 0.600 bits per heavy atom. The minimum atomic E-state index is 1.27. The molecule has 2 rings (SSSR count). The molecule has 0 saturated carbocycles. The lowest BCUT2D eigenvalue weighted by molar-refractivity contribution is 0.540. The van der Waals surface area contributed by atoms with Crippen LogP contribution in [0.2, 0.25) is 0 Å². The molecule has 2 aromatic carbocycles. The summed E-state index contributed by atoms with van der Waals surface area (Å²) in [6, 6.07) is 13.4. The fourth-order valence-corrected chi connectivity index (χ4v) is 4.86. The molecule has 0 fully saturated rings. The quantitative estimate of drug-likeness (QED) is 0.258. The molecule has 0 aliphatic carbocycles. The van der Waals surface area contributed by atoms with Crippen LogP contribution < -0.4 is 0 Å². The second kappa shape index (κ2) is 14.4. The van der Waals surface area contributed by atoms with Crippen molar-refractivity contribution in [3.8, 4) is 0 Å². The van der Waals surface area contributed by atoms with Crippen molar-refractivity contribution in [2.75, 3.05) is 0 Å². The molecule has 0 N–H and O–H groups in total. The van der Waals surface area contributed by atoms with Crippen molar-refractivity contribution in [2.24, 2.45) is 0 Å². The van der Waals surface area contributed by atoms with Crippen LogP contribution in [0, 0.1) is 27.7 Å². The second-order valence-electron chi connectivity index (χ2n) is 9.48. The Morgan fingerprint density at radius 3 is 0.867 bits per heavy atom. The molecular weight excluding hydrogens is 360 g/mol. The van der Waals surface area contributed by atoms with Gasteiger partial charge in [-0.2, -0.15) is 0 Å². The van der Waals surface area contributed by atoms with Crippen molar-refractivity contribution in [3.63, 3.8) is 0 Å². The molecule has 0 nitrogen and oxygen atoms in total. The zero-order chi connectivity index (χ0) is 21.6. The van der Waals surface area contributed by atoms with Crippen molar-refractivity contribution >= 4 is 0 Å². The predicted octanol–water partition coefficient (Wildman–Crippen LogP) is 9.39. The van der Waals surface area contributed by atoms with Gasteiger partial charge in [0.2, 0.25) is 0 Å². The van der Waals surface area contributed by atoms with Crippen molar-refractivity contribution < 1.29 is 0 Å². The van der Waals surface area contributed by atoms with E-state index in [0.29, 0.717) is 0 Å². The standard InChI is InChI=1S/C30H46/c1-25-19-17-20-26(2)29(25)23-15-13-11-9-7-5-6-8-10-12-14-16-24-30-27(3)21-18-22-28(30)4/h17-22H,5-16,23-24H2,1-4H3. The van der Waals surface area contributed by atoms with E-state index in [1.54, 1.807) is 11.1 Å². The van der Waals surface area contributed by atoms with Gasteiger partial charge < -0.3 is 0 Å². The third-order valence-corrected chi connectivity index (χ3v) is 6.89. The number of rotatable bonds is 15. The Bertz CT molecular complexity index is 621. The van der Waals surface area contributed by atoms with E-state index in [1.165, 1.54) is 112 Å². The van der Waals surface area contributed by atoms with Crippen molar-refractivity contribution in [1.29, 1.82) is 0 Å². The van der Waals surface area contributed by atoms with Crippen LogP contribution in [0.25, 0.3) is 0 Å². The van der Waals surface area contributed by atoms with Crippen LogP contribution in [0.5, 0.6) is 0 Å². The number of hydrogen-bond donors (Lipinski definition) is 0. The topological polar surface area (TPSA) is 0 Å². The molecule has 0 bridgehead atoms. The van der Waals surface area contributed by atoms with Crippen LogP contribution in [0.15, 0.2) is 36.4 Å². The van der Waals surface area contributed by atoms with Crippen LogP contribution in [0.3, 0.4) is 0 Å². The predicted molar refractivity (Wildman–Crippen MR) is 135 cm³/mol. The van der Waals surface area contributed by atoms with Crippen LogP contribution in [-0.2, 0) is 12.8 Å². The minimum absolute atomic E-state index is 1.27. The Kier molecular flexibility index (Phi) is 11.9. The van der Waals surface area contributed by atoms with Crippen LogP contribution in [0.4, 0.5) is 0 Å². The molecule has 0 heterocycles. The molecular formula is C30H46. The highest BCUT2D eigenvalue weighted by atomic mass is 14.1. The van der Waals surface area contributed by atoms with E-state index in [1.807, 2.05) is 0 Å². The number of aryl methyl sites for hydroxylation is 4. The lowest BCUT2D eigenvalue weighted by Crippen LogP contribution is -1.94. The summed E-state index contributed by atoms with van der Waals surface area (Å²) in [5.74, 6) is 0. The van der Waals surface area contributed by atoms with Crippen LogP contribution in [0.1, 0.15) is 110 Å². The van der Waals surface area contributed by atoms with Gasteiger partial charge in [-0.1, -0.05) is 101 Å². The molecule has 0 atom stereocenters. The maximum atomic E-state index is 2.26. The van der Waals surface area contributed by atoms with Gasteiger partial charge in [-0.15, -0.1) is 0 Å². The van der Waals surface area contributed by atoms with E-state index in [4.69, 9.17) is 0 Å². The van der Waals surface area contributed by atoms with Gasteiger partial charge in [0.15, 0.2) is 0 Å². The third kappa shape index (κ3) is 9.07. The van der Waals surface area contributed by atoms with E-state index in [0.717, 1.165) is 0 Å². The van der Waals surface area contributed by atoms with E-state index in [9.17, 15) is 0 Å². The zero-order valence-electron chi connectivity index (χ0n) is 20.4. The Labute approximate surface area is 187 Å². The Morgan fingerprint density at radius 1 is 0.367 bits per heavy atom. The number of hydrogen-bond acceptors (Lipinski definition) is 0. The first kappa shape index (κ1) is 24.7. The van der Waals surface area contributed by atoms with E-state index in [-0.39, 0.29) is 0 Å². The summed E-state index contributed by atoms with van der Waals surface area (Å²) in [5.41, 5.74) is 9.07. The molecule has 0 aliphatic heterocycles. The molecule has 0 aliphatic rings. The van der Waals surface area contributed by atoms with E-state index >= 15 is 0 Å². The first-order valence-corrected chi connectivity index (χ1v) is 12.7. The summed E-state index contributed by atoms with van der Waals surface area (Å²) in [6.07, 6.45) is 19.5. The van der Waals surface area contributed by atoms with Gasteiger partial charge >= 0.3 is 0 Å². The maximum Gasteiger partial charge on any atom is -0.0274 e. The smallest absolute Gasteiger partial charge is 0.0274 e. The van der Waals surface area contributed by atoms with E-state index in [2.05, 4.69) is 64.1 Å². The largest absolute Gasteiger partial charge is 0.0617 e. The van der Waals surface area contributed by atoms with Gasteiger partial charge in [-0.25, -0.2) is 0 Å². The summed E-state index contributed by atoms with van der Waals surface area (Å²) in [4.78, 5) is 0. The molecule has 0 unspecified atom stereocenters. The normalized spacial score (nSPS) is 11.2. The van der Waals surface area contributed by atoms with Gasteiger partial charge in [0.1, 0.15) is 0 Å². The summed E-state index contributed by atoms with van der Waals surface area (Å²) in [7, 11) is 0. The van der Waals surface area contributed by atoms with Crippen molar-refractivity contribution in [1.82, 2.24) is 0 Å². The summed E-state index contributed by atoms with van der Waals surface area (Å²) in [5, 5.41) is 0. The molecule has 0 amide bonds. The zero-order valence-corrected chi connectivity index (χ0v) is 20.4. The number of unbranched alkanes of at least 4 members (excludes halogenated alkanes) is 11. The van der Waals surface area contributed by atoms with Crippen molar-refractivity contribution in [2.45, 2.75) is 118 Å². The van der Waals surface area contributed by atoms with Gasteiger partial charge in [-0.05, 0) is 86.8 Å². The van der Waals surface area contributed by atoms with Crippen molar-refractivity contribution in [3.05, 3.63) is 69.8 Å². The van der Waals surface area contributed by atoms with E-state index < -0.39 is 0 Å². The Balaban J connectivity index is 1.37. The monoisotopic (exact) mass is 406 g/mol. The highest BCUT2D eigenvalue weighted by Crippen LogP contribution is 2.19. The molecule has 0 radical (unpaired) electrons. The number of benzene rings is 2. The van der Waals surface area contributed by atoms with Gasteiger partial charge in [0.05, 0.1) is 0 Å². The Hall–Kier alpha value is -1.56. The highest BCUT2D eigenvalue weighted by molar-refractivity contribution is 5.34. The van der Waals surface area contributed by atoms with Gasteiger partial charge in [0, 0.05) is 0 Å². The fourth-order valence-electron chi connectivity index (χ4n) is 4.86. The molecule has 30 heavy (non-hydrogen) atoms. The third-order valence-electron chi connectivity index (χ3n) is 6.89. The molecule has 0 heteroatoms. The minimum Gasteiger partial charge on any atom is -0.0617 e. The lowest BCUT2D eigenvalue weighted by atomic mass is 9.96. The molecule has 0 saturated heterocycles. The SMILES string of the molecule is Cc1cccc(C)c1CCCCCCCCCCCCCCc1c(C)cccc1C. The highest BCUT2D eigenvalue weighted by Gasteiger charge is 2.03. The molecule has 2 aromatic rings.